The van der Waals surface area contributed by atoms with Gasteiger partial charge in [-0.25, -0.2) is 9.78 Å². The monoisotopic (exact) mass is 343 g/mol. The van der Waals surface area contributed by atoms with E-state index in [1.807, 2.05) is 12.1 Å². The van der Waals surface area contributed by atoms with E-state index in [-0.39, 0.29) is 11.6 Å². The van der Waals surface area contributed by atoms with E-state index in [2.05, 4.69) is 20.9 Å². The quantitative estimate of drug-likeness (QED) is 0.714. The van der Waals surface area contributed by atoms with Crippen molar-refractivity contribution in [1.82, 2.24) is 4.98 Å². The van der Waals surface area contributed by atoms with Crippen LogP contribution in [0.1, 0.15) is 11.5 Å². The molecule has 0 bridgehead atoms. The predicted octanol–water partition coefficient (Wildman–Crippen LogP) is 4.01. The van der Waals surface area contributed by atoms with Gasteiger partial charge in [0.1, 0.15) is 5.76 Å². The molecule has 0 saturated heterocycles. The molecule has 0 unspecified atom stereocenters. The largest absolute Gasteiger partial charge is 0.507 e. The van der Waals surface area contributed by atoms with Crippen molar-refractivity contribution in [3.63, 3.8) is 0 Å². The Kier molecular flexibility index (Phi) is 3.58. The normalized spacial score (nSPS) is 11.8. The van der Waals surface area contributed by atoms with Gasteiger partial charge in [-0.05, 0) is 24.3 Å². The zero-order valence-electron chi connectivity index (χ0n) is 10.8. The maximum absolute atomic E-state index is 11.8. The minimum absolute atomic E-state index is 0.0200. The van der Waals surface area contributed by atoms with Crippen molar-refractivity contribution in [2.24, 2.45) is 0 Å². The zero-order valence-corrected chi connectivity index (χ0v) is 12.4. The summed E-state index contributed by atoms with van der Waals surface area (Å²) in [6.45, 7) is 0. The molecule has 1 heterocycles. The molecule has 0 aliphatic carbocycles. The van der Waals surface area contributed by atoms with E-state index >= 15 is 0 Å². The highest BCUT2D eigenvalue weighted by Gasteiger charge is 2.06. The van der Waals surface area contributed by atoms with Gasteiger partial charge in [0, 0.05) is 16.1 Å². The summed E-state index contributed by atoms with van der Waals surface area (Å²) in [5, 5.41) is 10.5. The minimum Gasteiger partial charge on any atom is -0.507 e. The number of halogens is 1. The van der Waals surface area contributed by atoms with E-state index in [0.717, 1.165) is 4.47 Å². The second-order valence-electron chi connectivity index (χ2n) is 4.39. The molecule has 1 N–H and O–H groups in total. The third kappa shape index (κ3) is 2.87. The van der Waals surface area contributed by atoms with Gasteiger partial charge in [0.25, 0.3) is 0 Å². The van der Waals surface area contributed by atoms with Crippen LogP contribution in [0.4, 0.5) is 0 Å². The van der Waals surface area contributed by atoms with Crippen LogP contribution in [0.25, 0.3) is 22.7 Å². The lowest BCUT2D eigenvalue weighted by Gasteiger charge is -2.01. The van der Waals surface area contributed by atoms with E-state index in [1.165, 1.54) is 6.08 Å². The van der Waals surface area contributed by atoms with Crippen molar-refractivity contribution in [1.29, 1.82) is 0 Å². The summed E-state index contributed by atoms with van der Waals surface area (Å²) in [6.07, 6.45) is 1.33. The van der Waals surface area contributed by atoms with Gasteiger partial charge in [-0.3, -0.25) is 0 Å². The summed E-state index contributed by atoms with van der Waals surface area (Å²) in [5.41, 5.74) is 0.662. The van der Waals surface area contributed by atoms with Crippen LogP contribution in [-0.4, -0.2) is 10.1 Å². The molecule has 3 rings (SSSR count). The van der Waals surface area contributed by atoms with Crippen LogP contribution in [0.2, 0.25) is 0 Å². The van der Waals surface area contributed by atoms with Gasteiger partial charge < -0.3 is 9.52 Å². The molecule has 0 spiro atoms. The highest BCUT2D eigenvalue weighted by Crippen LogP contribution is 2.18. The Morgan fingerprint density at radius 3 is 2.62 bits per heavy atom. The molecular weight excluding hydrogens is 334 g/mol. The molecule has 104 valence electrons. The van der Waals surface area contributed by atoms with E-state index < -0.39 is 5.63 Å². The number of para-hydroxylation sites is 1. The third-order valence-corrected chi connectivity index (χ3v) is 3.48. The number of rotatable bonds is 2. The van der Waals surface area contributed by atoms with Crippen LogP contribution in [0, 0.1) is 0 Å². The number of aliphatic hydroxyl groups excluding tert-OH is 1. The highest BCUT2D eigenvalue weighted by atomic mass is 79.9. The molecular formula is C16H10BrNO3. The van der Waals surface area contributed by atoms with Crippen LogP contribution in [-0.2, 0) is 0 Å². The number of fused-ring (bicyclic) bond motifs is 1. The highest BCUT2D eigenvalue weighted by molar-refractivity contribution is 9.10. The summed E-state index contributed by atoms with van der Waals surface area (Å²) < 4.78 is 6.01. The van der Waals surface area contributed by atoms with Crippen molar-refractivity contribution in [3.05, 3.63) is 74.9 Å². The molecule has 4 nitrogen and oxygen atoms in total. The summed E-state index contributed by atoms with van der Waals surface area (Å²) in [5.74, 6) is 0.0487. The molecule has 0 fully saturated rings. The average molecular weight is 344 g/mol. The lowest BCUT2D eigenvalue weighted by Crippen LogP contribution is -2.02. The Morgan fingerprint density at radius 2 is 1.86 bits per heavy atom. The fraction of sp³-hybridized carbons (Fsp3) is 0. The molecule has 21 heavy (non-hydrogen) atoms. The Morgan fingerprint density at radius 1 is 1.14 bits per heavy atom. The topological polar surface area (TPSA) is 63.3 Å². The first-order chi connectivity index (χ1) is 10.1. The maximum Gasteiger partial charge on any atom is 0.347 e. The lowest BCUT2D eigenvalue weighted by molar-refractivity contribution is 0.483. The number of benzene rings is 2. The van der Waals surface area contributed by atoms with Crippen molar-refractivity contribution in [2.75, 3.05) is 0 Å². The Labute approximate surface area is 128 Å². The third-order valence-electron chi connectivity index (χ3n) is 2.95. The molecule has 1 aromatic heterocycles. The van der Waals surface area contributed by atoms with Gasteiger partial charge in [-0.15, -0.1) is 0 Å². The molecule has 0 atom stereocenters. The van der Waals surface area contributed by atoms with Gasteiger partial charge in [-0.1, -0.05) is 40.2 Å². The van der Waals surface area contributed by atoms with E-state index in [9.17, 15) is 9.90 Å². The van der Waals surface area contributed by atoms with Crippen molar-refractivity contribution in [3.8, 4) is 0 Å². The van der Waals surface area contributed by atoms with Crippen LogP contribution in [0.15, 0.2) is 62.2 Å². The summed E-state index contributed by atoms with van der Waals surface area (Å²) >= 11 is 3.32. The Bertz CT molecular complexity index is 882. The molecule has 0 aliphatic rings. The number of hydrogen-bond acceptors (Lipinski definition) is 4. The fourth-order valence-corrected chi connectivity index (χ4v) is 2.18. The first-order valence-electron chi connectivity index (χ1n) is 6.20. The molecule has 3 aromatic rings. The van der Waals surface area contributed by atoms with Crippen LogP contribution < -0.4 is 5.63 Å². The second kappa shape index (κ2) is 5.54. The number of hydrogen-bond donors (Lipinski definition) is 1. The SMILES string of the molecule is O=c1oc(/C=C(\O)c2ccc(Br)cc2)nc2ccccc12. The van der Waals surface area contributed by atoms with Crippen molar-refractivity contribution >= 4 is 38.7 Å². The van der Waals surface area contributed by atoms with Crippen LogP contribution in [0.5, 0.6) is 0 Å². The zero-order chi connectivity index (χ0) is 14.8. The maximum atomic E-state index is 11.8. The molecule has 0 radical (unpaired) electrons. The number of nitrogens with zero attached hydrogens (tertiary/aromatic N) is 1. The Balaban J connectivity index is 2.06. The van der Waals surface area contributed by atoms with Gasteiger partial charge in [0.05, 0.1) is 10.9 Å². The van der Waals surface area contributed by atoms with Gasteiger partial charge in [0.2, 0.25) is 5.89 Å². The number of aliphatic hydroxyl groups is 1. The Hall–Kier alpha value is -2.40. The van der Waals surface area contributed by atoms with Crippen LogP contribution in [0.3, 0.4) is 0 Å². The molecule has 0 saturated carbocycles. The second-order valence-corrected chi connectivity index (χ2v) is 5.31. The molecule has 5 heteroatoms. The van der Waals surface area contributed by atoms with E-state index in [1.54, 1.807) is 36.4 Å². The molecule has 0 amide bonds. The van der Waals surface area contributed by atoms with E-state index in [4.69, 9.17) is 4.42 Å². The summed E-state index contributed by atoms with van der Waals surface area (Å²) in [4.78, 5) is 16.0. The molecule has 0 aliphatic heterocycles. The van der Waals surface area contributed by atoms with Gasteiger partial charge in [0.15, 0.2) is 0 Å². The van der Waals surface area contributed by atoms with Crippen molar-refractivity contribution in [2.45, 2.75) is 0 Å². The summed E-state index contributed by atoms with van der Waals surface area (Å²) in [7, 11) is 0. The lowest BCUT2D eigenvalue weighted by atomic mass is 10.2. The minimum atomic E-state index is -0.476. The standard InChI is InChI=1S/C16H10BrNO3/c17-11-7-5-10(6-8-11)14(19)9-15-18-13-4-2-1-3-12(13)16(20)21-15/h1-9,19H/b14-9-. The summed E-state index contributed by atoms with van der Waals surface area (Å²) in [6, 6.07) is 14.0. The van der Waals surface area contributed by atoms with Gasteiger partial charge >= 0.3 is 5.63 Å². The average Bonchev–Trinajstić information content (AvgIpc) is 2.48. The predicted molar refractivity (Wildman–Crippen MR) is 84.9 cm³/mol. The van der Waals surface area contributed by atoms with Gasteiger partial charge in [-0.2, -0.15) is 0 Å². The first-order valence-corrected chi connectivity index (χ1v) is 6.99. The van der Waals surface area contributed by atoms with Crippen LogP contribution >= 0.6 is 15.9 Å². The first kappa shape index (κ1) is 13.6. The smallest absolute Gasteiger partial charge is 0.347 e. The number of aromatic nitrogens is 1. The van der Waals surface area contributed by atoms with Crippen molar-refractivity contribution < 1.29 is 9.52 Å². The molecule has 2 aromatic carbocycles. The van der Waals surface area contributed by atoms with E-state index in [0.29, 0.717) is 16.5 Å². The fourth-order valence-electron chi connectivity index (χ4n) is 1.92.